The number of benzene rings is 3. The molecular formula is C48H73N7O5S7. The van der Waals surface area contributed by atoms with Gasteiger partial charge in [0, 0.05) is 35.9 Å². The summed E-state index contributed by atoms with van der Waals surface area (Å²) in [7, 11) is 1.32. The maximum absolute atomic E-state index is 14.1. The topological polar surface area (TPSA) is 146 Å². The largest absolute Gasteiger partial charge is 0.453 e. The third-order valence-electron chi connectivity index (χ3n) is 14.3. The Morgan fingerprint density at radius 1 is 0.806 bits per heavy atom. The molecule has 1 saturated carbocycles. The number of aromatic nitrogens is 4. The van der Waals surface area contributed by atoms with Gasteiger partial charge in [0.2, 0.25) is 11.8 Å². The number of likely N-dealkylation sites (tertiary alicyclic amines) is 2. The van der Waals surface area contributed by atoms with Gasteiger partial charge >= 0.3 is 6.09 Å². The van der Waals surface area contributed by atoms with Crippen LogP contribution in [0.25, 0.3) is 44.2 Å². The first-order valence-electron chi connectivity index (χ1n) is 22.1. The van der Waals surface area contributed by atoms with Crippen molar-refractivity contribution in [3.05, 3.63) is 72.4 Å². The number of hydrogen-bond acceptors (Lipinski definition) is 7. The molecule has 3 aliphatic heterocycles. The van der Waals surface area contributed by atoms with Crippen LogP contribution in [0.5, 0.6) is 0 Å². The number of hydrogen-bond donors (Lipinski definition) is 3. The zero-order valence-corrected chi connectivity index (χ0v) is 46.3. The monoisotopic (exact) mass is 1050 g/mol. The molecule has 7 atom stereocenters. The number of ether oxygens (including phenoxy) is 2. The minimum atomic E-state index is -0.679. The number of carbonyl (C=O) groups excluding carboxylic acids is 3. The lowest BCUT2D eigenvalue weighted by Crippen LogP contribution is -2.53. The number of aromatic amines is 2. The van der Waals surface area contributed by atoms with Crippen LogP contribution in [0.15, 0.2) is 60.8 Å². The number of amides is 3. The molecular weight excluding hydrogens is 979 g/mol. The molecule has 5 aromatic rings. The molecule has 5 heterocycles. The summed E-state index contributed by atoms with van der Waals surface area (Å²) in [4.78, 5) is 61.6. The second-order valence-corrected chi connectivity index (χ2v) is 18.8. The fraction of sp³-hybridized carbons (Fsp3) is 0.521. The molecule has 3 saturated heterocycles. The number of alkyl carbamates (subject to hydrolysis) is 1. The second-order valence-electron chi connectivity index (χ2n) is 18.8. The van der Waals surface area contributed by atoms with E-state index < -0.39 is 12.1 Å². The number of H-pyrrole nitrogens is 2. The molecule has 1 spiro atoms. The van der Waals surface area contributed by atoms with E-state index in [2.05, 4.69) is 88.6 Å². The molecule has 0 radical (unpaired) electrons. The maximum Gasteiger partial charge on any atom is 0.407 e. The summed E-state index contributed by atoms with van der Waals surface area (Å²) in [5, 5.41) is 4.97. The smallest absolute Gasteiger partial charge is 0.407 e. The highest BCUT2D eigenvalue weighted by molar-refractivity contribution is 7.60. The predicted octanol–water partition coefficient (Wildman–Crippen LogP) is 9.75. The molecule has 3 aromatic carbocycles. The highest BCUT2D eigenvalue weighted by atomic mass is 32.1. The van der Waals surface area contributed by atoms with Crippen molar-refractivity contribution in [1.82, 2.24) is 35.1 Å². The van der Waals surface area contributed by atoms with E-state index in [4.69, 9.17) is 19.4 Å². The van der Waals surface area contributed by atoms with Gasteiger partial charge in [0.1, 0.15) is 17.7 Å². The standard InChI is InChI=1S/C48H59N7O5.7H2S/c1-27(2)29(5)45(56)54-25-48(19-8-20-60-26-48)23-40(54)44-50-36-18-16-33-21-32(15-17-35(33)42(36)52-44)30-11-13-31(14-12-30)37-24-49-43(51-37)39-22-34-9-7-10-38(34)55(39)46(57)41(28(3)4)53-47(58)59-6;;;;;;;/h11-18,21,24,27-29,34,38-41H,7-10,19-20,22-23,25-26H2,1-6H3,(H,49,51)(H,50,52)(H,53,58);7*1H2/t29-,34-,38-,39-,40-,41-,48-;;;;;;;/m0......./s1. The van der Waals surface area contributed by atoms with Crippen molar-refractivity contribution >= 4 is 134 Å². The maximum atomic E-state index is 14.1. The Hall–Kier alpha value is -2.78. The first kappa shape index (κ1) is 60.3. The molecule has 67 heavy (non-hydrogen) atoms. The van der Waals surface area contributed by atoms with E-state index in [0.717, 1.165) is 107 Å². The van der Waals surface area contributed by atoms with Gasteiger partial charge in [0.15, 0.2) is 0 Å². The second kappa shape index (κ2) is 24.9. The third kappa shape index (κ3) is 11.7. The number of fused-ring (bicyclic) bond motifs is 4. The van der Waals surface area contributed by atoms with Crippen LogP contribution in [-0.4, -0.2) is 86.6 Å². The average molecular weight is 1050 g/mol. The van der Waals surface area contributed by atoms with E-state index in [-0.39, 0.29) is 148 Å². The van der Waals surface area contributed by atoms with Crippen LogP contribution >= 0.6 is 94.5 Å². The number of nitrogens with zero attached hydrogens (tertiary/aromatic N) is 4. The summed E-state index contributed by atoms with van der Waals surface area (Å²) >= 11 is 0. The number of methoxy groups -OCH3 is 1. The fourth-order valence-corrected chi connectivity index (χ4v) is 10.6. The Morgan fingerprint density at radius 2 is 1.51 bits per heavy atom. The number of nitrogens with one attached hydrogen (secondary N) is 3. The van der Waals surface area contributed by atoms with Crippen molar-refractivity contribution in [3.8, 4) is 22.4 Å². The van der Waals surface area contributed by atoms with Crippen LogP contribution < -0.4 is 5.32 Å². The van der Waals surface area contributed by atoms with E-state index in [0.29, 0.717) is 19.1 Å². The number of carbonyl (C=O) groups is 3. The van der Waals surface area contributed by atoms with Crippen LogP contribution in [0.4, 0.5) is 4.79 Å². The molecule has 9 rings (SSSR count). The third-order valence-corrected chi connectivity index (χ3v) is 14.3. The molecule has 3 N–H and O–H groups in total. The first-order chi connectivity index (χ1) is 28.9. The molecule has 2 aromatic heterocycles. The predicted molar refractivity (Wildman–Crippen MR) is 304 cm³/mol. The van der Waals surface area contributed by atoms with Crippen LogP contribution in [0, 0.1) is 29.1 Å². The summed E-state index contributed by atoms with van der Waals surface area (Å²) in [5.41, 5.74) is 5.99. The van der Waals surface area contributed by atoms with E-state index in [1.807, 2.05) is 31.9 Å². The van der Waals surface area contributed by atoms with E-state index in [1.54, 1.807) is 0 Å². The Kier molecular flexibility index (Phi) is 22.4. The number of rotatable bonds is 9. The minimum absolute atomic E-state index is 0. The molecule has 372 valence electrons. The fourth-order valence-electron chi connectivity index (χ4n) is 10.6. The van der Waals surface area contributed by atoms with Crippen molar-refractivity contribution in [3.63, 3.8) is 0 Å². The summed E-state index contributed by atoms with van der Waals surface area (Å²) in [6.07, 6.45) is 8.22. The van der Waals surface area contributed by atoms with Gasteiger partial charge < -0.3 is 34.6 Å². The van der Waals surface area contributed by atoms with Gasteiger partial charge in [-0.05, 0) is 90.5 Å². The van der Waals surface area contributed by atoms with Gasteiger partial charge in [-0.15, -0.1) is 0 Å². The highest BCUT2D eigenvalue weighted by Gasteiger charge is 2.50. The molecule has 19 heteroatoms. The lowest BCUT2D eigenvalue weighted by Gasteiger charge is -2.33. The quantitative estimate of drug-likeness (QED) is 0.133. The van der Waals surface area contributed by atoms with Gasteiger partial charge in [-0.3, -0.25) is 9.59 Å². The summed E-state index contributed by atoms with van der Waals surface area (Å²) in [5.74, 6) is 2.27. The van der Waals surface area contributed by atoms with Gasteiger partial charge in [-0.25, -0.2) is 14.8 Å². The van der Waals surface area contributed by atoms with Crippen molar-refractivity contribution in [1.29, 1.82) is 0 Å². The Balaban J connectivity index is 0.00000220. The lowest BCUT2D eigenvalue weighted by molar-refractivity contribution is -0.138. The van der Waals surface area contributed by atoms with Crippen LogP contribution in [-0.2, 0) is 19.1 Å². The van der Waals surface area contributed by atoms with Crippen LogP contribution in [0.2, 0.25) is 0 Å². The van der Waals surface area contributed by atoms with Crippen molar-refractivity contribution in [2.24, 2.45) is 29.1 Å². The molecule has 4 aliphatic rings. The Labute approximate surface area is 444 Å². The van der Waals surface area contributed by atoms with Crippen molar-refractivity contribution < 1.29 is 23.9 Å². The summed E-state index contributed by atoms with van der Waals surface area (Å²) in [6, 6.07) is 18.5. The van der Waals surface area contributed by atoms with Crippen LogP contribution in [0.1, 0.15) is 103 Å². The molecule has 0 unspecified atom stereocenters. The Bertz CT molecular complexity index is 2430. The molecule has 4 fully saturated rings. The van der Waals surface area contributed by atoms with Crippen molar-refractivity contribution in [2.75, 3.05) is 26.9 Å². The zero-order valence-electron chi connectivity index (χ0n) is 39.3. The van der Waals surface area contributed by atoms with E-state index in [1.165, 1.54) is 7.11 Å². The van der Waals surface area contributed by atoms with Gasteiger partial charge in [-0.1, -0.05) is 83.5 Å². The highest BCUT2D eigenvalue weighted by Crippen LogP contribution is 2.49. The average Bonchev–Trinajstić information content (AvgIpc) is 4.10. The van der Waals surface area contributed by atoms with Crippen molar-refractivity contribution in [2.45, 2.75) is 104 Å². The molecule has 0 bridgehead atoms. The first-order valence-corrected chi connectivity index (χ1v) is 22.1. The normalized spacial score (nSPS) is 22.5. The van der Waals surface area contributed by atoms with E-state index in [9.17, 15) is 14.4 Å². The number of imidazole rings is 2. The van der Waals surface area contributed by atoms with Crippen LogP contribution in [0.3, 0.4) is 0 Å². The summed E-state index contributed by atoms with van der Waals surface area (Å²) < 4.78 is 10.9. The van der Waals surface area contributed by atoms with E-state index >= 15 is 0 Å². The SMILES string of the molecule is COC(=O)N[C@H](C(=O)N1[C@H](c2ncc(-c3ccc(-c4ccc5c(ccc6[nH]c([C@@H]7C[C@@]8(CCCOC8)CN7C(=O)[C@@H](C)C(C)C)nc65)c4)cc3)[nH]2)C[C@@H]2CCC[C@@H]21)C(C)C.S.S.S.S.S.S.S. The van der Waals surface area contributed by atoms with Gasteiger partial charge in [0.05, 0.1) is 48.7 Å². The molecule has 3 amide bonds. The minimum Gasteiger partial charge on any atom is -0.453 e. The summed E-state index contributed by atoms with van der Waals surface area (Å²) in [6.45, 7) is 12.4. The zero-order chi connectivity index (χ0) is 41.9. The van der Waals surface area contributed by atoms with Gasteiger partial charge in [-0.2, -0.15) is 94.5 Å². The van der Waals surface area contributed by atoms with Gasteiger partial charge in [0.25, 0.3) is 0 Å². The lowest BCUT2D eigenvalue weighted by atomic mass is 9.80. The molecule has 12 nitrogen and oxygen atoms in total. The Morgan fingerprint density at radius 3 is 2.16 bits per heavy atom. The molecule has 1 aliphatic carbocycles.